The lowest BCUT2D eigenvalue weighted by molar-refractivity contribution is 0.601. The van der Waals surface area contributed by atoms with Crippen molar-refractivity contribution in [2.75, 3.05) is 10.0 Å². The number of hydrogen-bond donors (Lipinski definition) is 2. The van der Waals surface area contributed by atoms with E-state index >= 15 is 0 Å². The Labute approximate surface area is 175 Å². The van der Waals surface area contributed by atoms with Gasteiger partial charge in [0.2, 0.25) is 0 Å². The van der Waals surface area contributed by atoms with Crippen LogP contribution >= 0.6 is 0 Å². The largest absolute Gasteiger partial charge is 0.337 e. The van der Waals surface area contributed by atoms with Gasteiger partial charge in [-0.05, 0) is 74.2 Å². The molecule has 7 nitrogen and oxygen atoms in total. The SMILES string of the molecule is Cc1cccc(S(=O)(=O)Nc2ccc(C)c(Nc3nncn4cc(C)c(C)c34)c2)c1. The molecule has 0 spiro atoms. The maximum atomic E-state index is 12.8. The van der Waals surface area contributed by atoms with Crippen molar-refractivity contribution in [3.63, 3.8) is 0 Å². The van der Waals surface area contributed by atoms with E-state index in [9.17, 15) is 8.42 Å². The number of benzene rings is 2. The molecule has 0 radical (unpaired) electrons. The quantitative estimate of drug-likeness (QED) is 0.495. The van der Waals surface area contributed by atoms with Gasteiger partial charge in [0.1, 0.15) is 6.33 Å². The molecule has 30 heavy (non-hydrogen) atoms. The molecule has 0 saturated heterocycles. The van der Waals surface area contributed by atoms with Gasteiger partial charge >= 0.3 is 0 Å². The average Bonchev–Trinajstić information content (AvgIpc) is 2.99. The van der Waals surface area contributed by atoms with Crippen LogP contribution in [-0.4, -0.2) is 23.0 Å². The van der Waals surface area contributed by atoms with Gasteiger partial charge in [-0.15, -0.1) is 10.2 Å². The minimum absolute atomic E-state index is 0.229. The molecule has 154 valence electrons. The van der Waals surface area contributed by atoms with E-state index in [1.165, 1.54) is 0 Å². The third-order valence-corrected chi connectivity index (χ3v) is 6.52. The molecule has 0 aliphatic rings. The van der Waals surface area contributed by atoms with Crippen LogP contribution in [0.4, 0.5) is 17.2 Å². The van der Waals surface area contributed by atoms with Crippen LogP contribution < -0.4 is 10.0 Å². The number of nitrogens with one attached hydrogen (secondary N) is 2. The molecule has 2 heterocycles. The van der Waals surface area contributed by atoms with Crippen LogP contribution in [0.15, 0.2) is 59.9 Å². The molecule has 8 heteroatoms. The van der Waals surface area contributed by atoms with Gasteiger partial charge in [-0.25, -0.2) is 8.42 Å². The van der Waals surface area contributed by atoms with E-state index in [4.69, 9.17) is 0 Å². The number of nitrogens with zero attached hydrogens (tertiary/aromatic N) is 3. The predicted molar refractivity (Wildman–Crippen MR) is 119 cm³/mol. The summed E-state index contributed by atoms with van der Waals surface area (Å²) in [7, 11) is -3.69. The summed E-state index contributed by atoms with van der Waals surface area (Å²) >= 11 is 0. The second-order valence-electron chi connectivity index (χ2n) is 7.45. The van der Waals surface area contributed by atoms with E-state index in [-0.39, 0.29) is 4.90 Å². The third-order valence-electron chi connectivity index (χ3n) is 5.14. The van der Waals surface area contributed by atoms with Crippen molar-refractivity contribution >= 4 is 32.7 Å². The first-order valence-electron chi connectivity index (χ1n) is 9.51. The number of sulfonamides is 1. The summed E-state index contributed by atoms with van der Waals surface area (Å²) in [4.78, 5) is 0.229. The minimum Gasteiger partial charge on any atom is -0.337 e. The Balaban J connectivity index is 1.68. The topological polar surface area (TPSA) is 88.4 Å². The van der Waals surface area contributed by atoms with Crippen molar-refractivity contribution in [1.82, 2.24) is 14.6 Å². The number of aromatic nitrogens is 3. The second-order valence-corrected chi connectivity index (χ2v) is 9.13. The van der Waals surface area contributed by atoms with Crippen molar-refractivity contribution in [3.05, 3.63) is 77.2 Å². The van der Waals surface area contributed by atoms with E-state index in [0.29, 0.717) is 11.5 Å². The van der Waals surface area contributed by atoms with Crippen molar-refractivity contribution in [2.45, 2.75) is 32.6 Å². The van der Waals surface area contributed by atoms with Gasteiger partial charge in [-0.3, -0.25) is 4.72 Å². The highest BCUT2D eigenvalue weighted by Crippen LogP contribution is 2.29. The first kappa shape index (κ1) is 19.9. The fraction of sp³-hybridized carbons (Fsp3) is 0.182. The Morgan fingerprint density at radius 1 is 0.967 bits per heavy atom. The molecule has 0 fully saturated rings. The van der Waals surface area contributed by atoms with Gasteiger partial charge in [-0.2, -0.15) is 0 Å². The lowest BCUT2D eigenvalue weighted by Crippen LogP contribution is -2.13. The lowest BCUT2D eigenvalue weighted by Gasteiger charge is -2.14. The van der Waals surface area contributed by atoms with Gasteiger partial charge < -0.3 is 9.72 Å². The van der Waals surface area contributed by atoms with Crippen molar-refractivity contribution in [3.8, 4) is 0 Å². The molecule has 2 aromatic heterocycles. The summed E-state index contributed by atoms with van der Waals surface area (Å²) in [5.41, 5.74) is 6.25. The van der Waals surface area contributed by atoms with Crippen LogP contribution in [0.5, 0.6) is 0 Å². The second kappa shape index (κ2) is 7.46. The Hall–Kier alpha value is -3.39. The molecule has 4 aromatic rings. The number of aryl methyl sites for hydroxylation is 4. The number of fused-ring (bicyclic) bond motifs is 1. The molecular weight excluding hydrogens is 398 g/mol. The first-order valence-corrected chi connectivity index (χ1v) is 11.0. The van der Waals surface area contributed by atoms with E-state index in [1.807, 2.05) is 50.4 Å². The van der Waals surface area contributed by atoms with Crippen LogP contribution in [0.3, 0.4) is 0 Å². The Kier molecular flexibility index (Phi) is 4.95. The maximum absolute atomic E-state index is 12.8. The number of anilines is 3. The molecule has 0 unspecified atom stereocenters. The molecule has 0 atom stereocenters. The van der Waals surface area contributed by atoms with Crippen LogP contribution in [0.25, 0.3) is 5.52 Å². The maximum Gasteiger partial charge on any atom is 0.261 e. The van der Waals surface area contributed by atoms with Gasteiger partial charge in [-0.1, -0.05) is 18.2 Å². The minimum atomic E-state index is -3.69. The Bertz CT molecular complexity index is 1360. The molecule has 0 aliphatic carbocycles. The molecule has 2 N–H and O–H groups in total. The molecule has 0 bridgehead atoms. The lowest BCUT2D eigenvalue weighted by atomic mass is 10.1. The first-order chi connectivity index (χ1) is 14.2. The molecule has 0 amide bonds. The molecular formula is C22H23N5O2S. The zero-order valence-electron chi connectivity index (χ0n) is 17.3. The monoisotopic (exact) mass is 421 g/mol. The predicted octanol–water partition coefficient (Wildman–Crippen LogP) is 4.51. The highest BCUT2D eigenvalue weighted by Gasteiger charge is 2.16. The van der Waals surface area contributed by atoms with Gasteiger partial charge in [0.15, 0.2) is 5.82 Å². The summed E-state index contributed by atoms with van der Waals surface area (Å²) in [6, 6.07) is 12.2. The summed E-state index contributed by atoms with van der Waals surface area (Å²) in [5, 5.41) is 11.6. The van der Waals surface area contributed by atoms with Crippen molar-refractivity contribution in [2.24, 2.45) is 0 Å². The summed E-state index contributed by atoms with van der Waals surface area (Å²) in [5.74, 6) is 0.616. The van der Waals surface area contributed by atoms with Crippen molar-refractivity contribution < 1.29 is 8.42 Å². The van der Waals surface area contributed by atoms with Crippen LogP contribution in [0, 0.1) is 27.7 Å². The highest BCUT2D eigenvalue weighted by atomic mass is 32.2. The van der Waals surface area contributed by atoms with Gasteiger partial charge in [0.05, 0.1) is 16.1 Å². The summed E-state index contributed by atoms with van der Waals surface area (Å²) in [6.07, 6.45) is 3.67. The number of hydrogen-bond acceptors (Lipinski definition) is 5. The summed E-state index contributed by atoms with van der Waals surface area (Å²) in [6.45, 7) is 7.89. The fourth-order valence-corrected chi connectivity index (χ4v) is 4.51. The summed E-state index contributed by atoms with van der Waals surface area (Å²) < 4.78 is 30.1. The normalized spacial score (nSPS) is 11.6. The van der Waals surface area contributed by atoms with Crippen LogP contribution in [-0.2, 0) is 10.0 Å². The standard InChI is InChI=1S/C22H23N5O2S/c1-14-6-5-7-19(10-14)30(28,29)26-18-9-8-15(2)20(11-18)24-22-21-17(4)16(3)12-27(21)13-23-25-22/h5-13,26H,1-4H3,(H,24,25). The Morgan fingerprint density at radius 3 is 2.53 bits per heavy atom. The molecule has 0 aliphatic heterocycles. The third kappa shape index (κ3) is 3.73. The van der Waals surface area contributed by atoms with Crippen LogP contribution in [0.2, 0.25) is 0 Å². The van der Waals surface area contributed by atoms with Crippen LogP contribution in [0.1, 0.15) is 22.3 Å². The zero-order valence-corrected chi connectivity index (χ0v) is 18.1. The smallest absolute Gasteiger partial charge is 0.261 e. The zero-order chi connectivity index (χ0) is 21.5. The molecule has 0 saturated carbocycles. The Morgan fingerprint density at radius 2 is 1.77 bits per heavy atom. The van der Waals surface area contributed by atoms with Crippen molar-refractivity contribution in [1.29, 1.82) is 0 Å². The molecule has 2 aromatic carbocycles. The van der Waals surface area contributed by atoms with E-state index in [2.05, 4.69) is 20.2 Å². The fourth-order valence-electron chi connectivity index (χ4n) is 3.36. The van der Waals surface area contributed by atoms with Gasteiger partial charge in [0.25, 0.3) is 10.0 Å². The van der Waals surface area contributed by atoms with Gasteiger partial charge in [0, 0.05) is 11.9 Å². The van der Waals surface area contributed by atoms with E-state index in [1.54, 1.807) is 36.7 Å². The van der Waals surface area contributed by atoms with E-state index in [0.717, 1.165) is 33.5 Å². The van der Waals surface area contributed by atoms with E-state index < -0.39 is 10.0 Å². The average molecular weight is 422 g/mol. The number of rotatable bonds is 5. The highest BCUT2D eigenvalue weighted by molar-refractivity contribution is 7.92. The molecule has 4 rings (SSSR count).